The quantitative estimate of drug-likeness (QED) is 0.841. The van der Waals surface area contributed by atoms with Crippen molar-refractivity contribution in [3.05, 3.63) is 28.7 Å². The number of rotatable bonds is 3. The molecule has 1 saturated heterocycles. The Bertz CT molecular complexity index is 367. The number of anilines is 1. The zero-order chi connectivity index (χ0) is 13.1. The highest BCUT2D eigenvalue weighted by molar-refractivity contribution is 9.10. The van der Waals surface area contributed by atoms with Crippen LogP contribution in [0.3, 0.4) is 0 Å². The molecule has 3 heteroatoms. The fraction of sp³-hybridized carbons (Fsp3) is 0.600. The Hall–Kier alpha value is -0.540. The Morgan fingerprint density at radius 3 is 2.22 bits per heavy atom. The van der Waals surface area contributed by atoms with Gasteiger partial charge in [-0.2, -0.15) is 0 Å². The van der Waals surface area contributed by atoms with Crippen LogP contribution in [0.5, 0.6) is 0 Å². The minimum atomic E-state index is 0.692. The summed E-state index contributed by atoms with van der Waals surface area (Å²) in [7, 11) is 4.37. The molecule has 0 aliphatic carbocycles. The maximum atomic E-state index is 3.49. The molecule has 1 aromatic rings. The van der Waals surface area contributed by atoms with Gasteiger partial charge in [0, 0.05) is 29.3 Å². The number of halogens is 1. The molecule has 0 spiro atoms. The van der Waals surface area contributed by atoms with Crippen LogP contribution in [0.15, 0.2) is 28.7 Å². The molecule has 2 nitrogen and oxygen atoms in total. The first-order valence-corrected chi connectivity index (χ1v) is 7.54. The van der Waals surface area contributed by atoms with E-state index in [1.807, 2.05) is 0 Å². The van der Waals surface area contributed by atoms with E-state index in [4.69, 9.17) is 0 Å². The molecular weight excluding hydrogens is 288 g/mol. The largest absolute Gasteiger partial charge is 0.372 e. The maximum absolute atomic E-state index is 3.49. The molecule has 1 fully saturated rings. The van der Waals surface area contributed by atoms with E-state index in [0.29, 0.717) is 6.04 Å². The van der Waals surface area contributed by atoms with Crippen molar-refractivity contribution in [2.45, 2.75) is 25.8 Å². The van der Waals surface area contributed by atoms with Crippen LogP contribution in [-0.2, 0) is 0 Å². The van der Waals surface area contributed by atoms with Crippen molar-refractivity contribution in [2.24, 2.45) is 5.92 Å². The van der Waals surface area contributed by atoms with Gasteiger partial charge < -0.3 is 9.80 Å². The van der Waals surface area contributed by atoms with Crippen molar-refractivity contribution < 1.29 is 0 Å². The van der Waals surface area contributed by atoms with Gasteiger partial charge in [-0.3, -0.25) is 0 Å². The van der Waals surface area contributed by atoms with Crippen molar-refractivity contribution in [1.82, 2.24) is 4.90 Å². The first kappa shape index (κ1) is 13.9. The molecule has 0 amide bonds. The van der Waals surface area contributed by atoms with E-state index in [0.717, 1.165) is 10.4 Å². The van der Waals surface area contributed by atoms with E-state index in [1.54, 1.807) is 0 Å². The zero-order valence-corrected chi connectivity index (χ0v) is 13.2. The molecule has 1 aromatic carbocycles. The van der Waals surface area contributed by atoms with E-state index in [1.165, 1.54) is 31.6 Å². The Morgan fingerprint density at radius 1 is 1.17 bits per heavy atom. The standard InChI is InChI=1S/C15H23BrN2/c1-12(17(2)3)13-8-10-18(11-9-13)15-6-4-14(16)5-7-15/h4-7,12-13H,8-11H2,1-3H3. The van der Waals surface area contributed by atoms with Gasteiger partial charge in [0.05, 0.1) is 0 Å². The lowest BCUT2D eigenvalue weighted by Gasteiger charge is -2.38. The lowest BCUT2D eigenvalue weighted by atomic mass is 9.89. The number of nitrogens with zero attached hydrogens (tertiary/aromatic N) is 2. The highest BCUT2D eigenvalue weighted by atomic mass is 79.9. The molecule has 100 valence electrons. The summed E-state index contributed by atoms with van der Waals surface area (Å²) in [4.78, 5) is 4.85. The second-order valence-corrected chi connectivity index (χ2v) is 6.42. The van der Waals surface area contributed by atoms with Crippen LogP contribution < -0.4 is 4.90 Å². The molecule has 18 heavy (non-hydrogen) atoms. The summed E-state index contributed by atoms with van der Waals surface area (Å²) in [6, 6.07) is 9.37. The molecule has 1 aliphatic heterocycles. The summed E-state index contributed by atoms with van der Waals surface area (Å²) in [6.07, 6.45) is 2.60. The molecule has 1 unspecified atom stereocenters. The first-order chi connectivity index (χ1) is 8.58. The summed E-state index contributed by atoms with van der Waals surface area (Å²) < 4.78 is 1.15. The number of piperidine rings is 1. The van der Waals surface area contributed by atoms with Gasteiger partial charge in [-0.05, 0) is 64.0 Å². The van der Waals surface area contributed by atoms with E-state index in [-0.39, 0.29) is 0 Å². The number of benzene rings is 1. The minimum Gasteiger partial charge on any atom is -0.372 e. The van der Waals surface area contributed by atoms with Gasteiger partial charge >= 0.3 is 0 Å². The minimum absolute atomic E-state index is 0.692. The molecule has 0 radical (unpaired) electrons. The summed E-state index contributed by atoms with van der Waals surface area (Å²) in [5, 5.41) is 0. The fourth-order valence-corrected chi connectivity index (χ4v) is 2.98. The van der Waals surface area contributed by atoms with Gasteiger partial charge in [0.15, 0.2) is 0 Å². The average molecular weight is 311 g/mol. The van der Waals surface area contributed by atoms with Crippen LogP contribution >= 0.6 is 15.9 Å². The van der Waals surface area contributed by atoms with E-state index >= 15 is 0 Å². The summed E-state index contributed by atoms with van der Waals surface area (Å²) in [6.45, 7) is 4.72. The molecule has 0 aromatic heterocycles. The smallest absolute Gasteiger partial charge is 0.0366 e. The zero-order valence-electron chi connectivity index (χ0n) is 11.6. The van der Waals surface area contributed by atoms with Crippen molar-refractivity contribution in [3.8, 4) is 0 Å². The molecule has 2 rings (SSSR count). The van der Waals surface area contributed by atoms with Gasteiger partial charge in [0.25, 0.3) is 0 Å². The Morgan fingerprint density at radius 2 is 1.72 bits per heavy atom. The second-order valence-electron chi connectivity index (χ2n) is 5.51. The average Bonchev–Trinajstić information content (AvgIpc) is 2.39. The topological polar surface area (TPSA) is 6.48 Å². The Balaban J connectivity index is 1.92. The van der Waals surface area contributed by atoms with Crippen LogP contribution in [0, 0.1) is 5.92 Å². The van der Waals surface area contributed by atoms with Gasteiger partial charge in [-0.15, -0.1) is 0 Å². The SMILES string of the molecule is CC(C1CCN(c2ccc(Br)cc2)CC1)N(C)C. The normalized spacial score (nSPS) is 19.3. The third-order valence-corrected chi connectivity index (χ3v) is 4.76. The summed E-state index contributed by atoms with van der Waals surface area (Å²) in [5.74, 6) is 0.840. The predicted octanol–water partition coefficient (Wildman–Crippen LogP) is 3.62. The number of hydrogen-bond donors (Lipinski definition) is 0. The Kier molecular flexibility index (Phi) is 4.68. The van der Waals surface area contributed by atoms with Crippen LogP contribution in [0.4, 0.5) is 5.69 Å². The highest BCUT2D eigenvalue weighted by Gasteiger charge is 2.24. The monoisotopic (exact) mass is 310 g/mol. The van der Waals surface area contributed by atoms with E-state index in [9.17, 15) is 0 Å². The van der Waals surface area contributed by atoms with Crippen molar-refractivity contribution in [3.63, 3.8) is 0 Å². The van der Waals surface area contributed by atoms with Gasteiger partial charge in [-0.1, -0.05) is 15.9 Å². The molecule has 1 heterocycles. The first-order valence-electron chi connectivity index (χ1n) is 6.75. The summed E-state index contributed by atoms with van der Waals surface area (Å²) >= 11 is 3.49. The maximum Gasteiger partial charge on any atom is 0.0366 e. The molecule has 1 atom stereocenters. The van der Waals surface area contributed by atoms with Gasteiger partial charge in [0.1, 0.15) is 0 Å². The number of hydrogen-bond acceptors (Lipinski definition) is 2. The molecule has 1 aliphatic rings. The van der Waals surface area contributed by atoms with Gasteiger partial charge in [0.2, 0.25) is 0 Å². The van der Waals surface area contributed by atoms with E-state index in [2.05, 4.69) is 71.0 Å². The Labute approximate surface area is 119 Å². The van der Waals surface area contributed by atoms with Crippen LogP contribution in [0.1, 0.15) is 19.8 Å². The van der Waals surface area contributed by atoms with Crippen LogP contribution in [0.25, 0.3) is 0 Å². The van der Waals surface area contributed by atoms with Crippen molar-refractivity contribution >= 4 is 21.6 Å². The third kappa shape index (κ3) is 3.27. The van der Waals surface area contributed by atoms with Crippen molar-refractivity contribution in [1.29, 1.82) is 0 Å². The molecule has 0 bridgehead atoms. The van der Waals surface area contributed by atoms with Crippen LogP contribution in [0.2, 0.25) is 0 Å². The second kappa shape index (κ2) is 6.07. The predicted molar refractivity (Wildman–Crippen MR) is 82.2 cm³/mol. The highest BCUT2D eigenvalue weighted by Crippen LogP contribution is 2.27. The fourth-order valence-electron chi connectivity index (χ4n) is 2.71. The van der Waals surface area contributed by atoms with Crippen LogP contribution in [-0.4, -0.2) is 38.1 Å². The van der Waals surface area contributed by atoms with Crippen molar-refractivity contribution in [2.75, 3.05) is 32.1 Å². The summed E-state index contributed by atoms with van der Waals surface area (Å²) in [5.41, 5.74) is 1.36. The molecule has 0 saturated carbocycles. The lowest BCUT2D eigenvalue weighted by molar-refractivity contribution is 0.199. The van der Waals surface area contributed by atoms with E-state index < -0.39 is 0 Å². The molecule has 0 N–H and O–H groups in total. The third-order valence-electron chi connectivity index (χ3n) is 4.23. The molecular formula is C15H23BrN2. The lowest BCUT2D eigenvalue weighted by Crippen LogP contribution is -2.41. The van der Waals surface area contributed by atoms with Gasteiger partial charge in [-0.25, -0.2) is 0 Å².